The Morgan fingerprint density at radius 3 is 2.71 bits per heavy atom. The lowest BCUT2D eigenvalue weighted by Gasteiger charge is -2.42. The second kappa shape index (κ2) is 5.85. The standard InChI is InChI=1S/C14H28N2O/c1-5-6-11(2)9-13(17)16-8-7-12(15)14(3,4)10-16/h11-12H,5-10,15H2,1-4H3. The lowest BCUT2D eigenvalue weighted by molar-refractivity contribution is -0.135. The molecule has 0 aromatic heterocycles. The highest BCUT2D eigenvalue weighted by Gasteiger charge is 2.35. The predicted molar refractivity (Wildman–Crippen MR) is 71.6 cm³/mol. The molecule has 0 aromatic carbocycles. The minimum atomic E-state index is 0.0574. The summed E-state index contributed by atoms with van der Waals surface area (Å²) >= 11 is 0. The lowest BCUT2D eigenvalue weighted by Crippen LogP contribution is -2.54. The minimum Gasteiger partial charge on any atom is -0.342 e. The van der Waals surface area contributed by atoms with Crippen molar-refractivity contribution in [1.29, 1.82) is 0 Å². The van der Waals surface area contributed by atoms with E-state index in [9.17, 15) is 4.79 Å². The first-order chi connectivity index (χ1) is 7.86. The molecule has 17 heavy (non-hydrogen) atoms. The van der Waals surface area contributed by atoms with Crippen LogP contribution in [-0.4, -0.2) is 29.9 Å². The summed E-state index contributed by atoms with van der Waals surface area (Å²) in [6.45, 7) is 10.3. The Hall–Kier alpha value is -0.570. The quantitative estimate of drug-likeness (QED) is 0.820. The molecule has 0 radical (unpaired) electrons. The second-order valence-corrected chi connectivity index (χ2v) is 6.30. The van der Waals surface area contributed by atoms with Crippen LogP contribution in [0.3, 0.4) is 0 Å². The van der Waals surface area contributed by atoms with Crippen molar-refractivity contribution in [2.24, 2.45) is 17.1 Å². The Labute approximate surface area is 106 Å². The molecular weight excluding hydrogens is 212 g/mol. The maximum atomic E-state index is 12.2. The molecule has 0 aliphatic carbocycles. The fourth-order valence-electron chi connectivity index (χ4n) is 2.61. The van der Waals surface area contributed by atoms with Gasteiger partial charge in [-0.3, -0.25) is 4.79 Å². The van der Waals surface area contributed by atoms with Gasteiger partial charge >= 0.3 is 0 Å². The van der Waals surface area contributed by atoms with E-state index >= 15 is 0 Å². The first-order valence-electron chi connectivity index (χ1n) is 6.90. The SMILES string of the molecule is CCCC(C)CC(=O)N1CCC(N)C(C)(C)C1. The topological polar surface area (TPSA) is 46.3 Å². The average molecular weight is 240 g/mol. The Morgan fingerprint density at radius 2 is 2.18 bits per heavy atom. The maximum absolute atomic E-state index is 12.2. The van der Waals surface area contributed by atoms with Gasteiger partial charge in [-0.15, -0.1) is 0 Å². The summed E-state index contributed by atoms with van der Waals surface area (Å²) in [7, 11) is 0. The molecule has 2 atom stereocenters. The molecule has 1 rings (SSSR count). The smallest absolute Gasteiger partial charge is 0.222 e. The zero-order chi connectivity index (χ0) is 13.1. The van der Waals surface area contributed by atoms with E-state index < -0.39 is 0 Å². The van der Waals surface area contributed by atoms with Gasteiger partial charge in [0, 0.05) is 25.6 Å². The van der Waals surface area contributed by atoms with E-state index in [2.05, 4.69) is 27.7 Å². The van der Waals surface area contributed by atoms with E-state index in [1.165, 1.54) is 0 Å². The van der Waals surface area contributed by atoms with Crippen molar-refractivity contribution in [2.45, 2.75) is 59.4 Å². The monoisotopic (exact) mass is 240 g/mol. The third-order valence-electron chi connectivity index (χ3n) is 3.97. The molecule has 1 fully saturated rings. The highest BCUT2D eigenvalue weighted by atomic mass is 16.2. The number of nitrogens with two attached hydrogens (primary N) is 1. The minimum absolute atomic E-state index is 0.0574. The van der Waals surface area contributed by atoms with Crippen molar-refractivity contribution in [3.63, 3.8) is 0 Å². The number of hydrogen-bond acceptors (Lipinski definition) is 2. The normalized spacial score (nSPS) is 25.7. The van der Waals surface area contributed by atoms with Crippen LogP contribution in [0, 0.1) is 11.3 Å². The van der Waals surface area contributed by atoms with Crippen LogP contribution in [-0.2, 0) is 4.79 Å². The molecule has 1 heterocycles. The van der Waals surface area contributed by atoms with Crippen LogP contribution in [0.15, 0.2) is 0 Å². The molecule has 3 heteroatoms. The Bertz CT molecular complexity index is 263. The van der Waals surface area contributed by atoms with E-state index in [4.69, 9.17) is 5.73 Å². The van der Waals surface area contributed by atoms with Gasteiger partial charge in [-0.05, 0) is 17.8 Å². The summed E-state index contributed by atoms with van der Waals surface area (Å²) < 4.78 is 0. The van der Waals surface area contributed by atoms with Gasteiger partial charge in [0.2, 0.25) is 5.91 Å². The predicted octanol–water partition coefficient (Wildman–Crippen LogP) is 2.40. The van der Waals surface area contributed by atoms with Gasteiger partial charge < -0.3 is 10.6 Å². The van der Waals surface area contributed by atoms with Crippen molar-refractivity contribution in [3.8, 4) is 0 Å². The molecule has 0 spiro atoms. The molecule has 2 N–H and O–H groups in total. The average Bonchev–Trinajstić information content (AvgIpc) is 2.22. The molecule has 0 bridgehead atoms. The van der Waals surface area contributed by atoms with Crippen LogP contribution < -0.4 is 5.73 Å². The second-order valence-electron chi connectivity index (χ2n) is 6.30. The van der Waals surface area contributed by atoms with E-state index in [0.717, 1.165) is 32.4 Å². The molecule has 1 aliphatic rings. The molecule has 1 aliphatic heterocycles. The number of nitrogens with zero attached hydrogens (tertiary/aromatic N) is 1. The van der Waals surface area contributed by atoms with Gasteiger partial charge in [-0.25, -0.2) is 0 Å². The molecule has 1 amide bonds. The molecule has 0 aromatic rings. The first-order valence-corrected chi connectivity index (χ1v) is 6.90. The number of hydrogen-bond donors (Lipinski definition) is 1. The third-order valence-corrected chi connectivity index (χ3v) is 3.97. The van der Waals surface area contributed by atoms with Gasteiger partial charge in [0.05, 0.1) is 0 Å². The van der Waals surface area contributed by atoms with Gasteiger partial charge in [-0.2, -0.15) is 0 Å². The van der Waals surface area contributed by atoms with Crippen molar-refractivity contribution in [3.05, 3.63) is 0 Å². The fourth-order valence-corrected chi connectivity index (χ4v) is 2.61. The maximum Gasteiger partial charge on any atom is 0.222 e. The van der Waals surface area contributed by atoms with Crippen LogP contribution in [0.25, 0.3) is 0 Å². The van der Waals surface area contributed by atoms with Crippen LogP contribution in [0.2, 0.25) is 0 Å². The lowest BCUT2D eigenvalue weighted by atomic mass is 9.79. The Morgan fingerprint density at radius 1 is 1.53 bits per heavy atom. The number of rotatable bonds is 4. The van der Waals surface area contributed by atoms with Crippen molar-refractivity contribution >= 4 is 5.91 Å². The van der Waals surface area contributed by atoms with Crippen molar-refractivity contribution in [2.75, 3.05) is 13.1 Å². The largest absolute Gasteiger partial charge is 0.342 e. The van der Waals surface area contributed by atoms with Gasteiger partial charge in [0.25, 0.3) is 0 Å². The van der Waals surface area contributed by atoms with Crippen molar-refractivity contribution in [1.82, 2.24) is 4.90 Å². The van der Waals surface area contributed by atoms with Gasteiger partial charge in [0.15, 0.2) is 0 Å². The van der Waals surface area contributed by atoms with E-state index in [1.807, 2.05) is 4.90 Å². The molecule has 100 valence electrons. The number of likely N-dealkylation sites (tertiary alicyclic amines) is 1. The highest BCUT2D eigenvalue weighted by Crippen LogP contribution is 2.28. The van der Waals surface area contributed by atoms with E-state index in [0.29, 0.717) is 18.2 Å². The van der Waals surface area contributed by atoms with Gasteiger partial charge in [-0.1, -0.05) is 40.5 Å². The summed E-state index contributed by atoms with van der Waals surface area (Å²) in [6, 6.07) is 0.222. The number of amides is 1. The number of piperidine rings is 1. The van der Waals surface area contributed by atoms with Crippen LogP contribution in [0.4, 0.5) is 0 Å². The molecule has 1 saturated heterocycles. The van der Waals surface area contributed by atoms with Crippen LogP contribution in [0.1, 0.15) is 53.4 Å². The number of carbonyl (C=O) groups excluding carboxylic acids is 1. The molecule has 0 saturated carbocycles. The fraction of sp³-hybridized carbons (Fsp3) is 0.929. The summed E-state index contributed by atoms with van der Waals surface area (Å²) in [5, 5.41) is 0. The van der Waals surface area contributed by atoms with Crippen LogP contribution in [0.5, 0.6) is 0 Å². The zero-order valence-electron chi connectivity index (χ0n) is 11.8. The molecule has 2 unspecified atom stereocenters. The summed E-state index contributed by atoms with van der Waals surface area (Å²) in [4.78, 5) is 14.2. The summed E-state index contributed by atoms with van der Waals surface area (Å²) in [6.07, 6.45) is 3.92. The third kappa shape index (κ3) is 3.98. The Balaban J connectivity index is 2.48. The van der Waals surface area contributed by atoms with E-state index in [-0.39, 0.29) is 11.5 Å². The highest BCUT2D eigenvalue weighted by molar-refractivity contribution is 5.76. The van der Waals surface area contributed by atoms with Gasteiger partial charge in [0.1, 0.15) is 0 Å². The van der Waals surface area contributed by atoms with Crippen LogP contribution >= 0.6 is 0 Å². The summed E-state index contributed by atoms with van der Waals surface area (Å²) in [5.74, 6) is 0.817. The van der Waals surface area contributed by atoms with Crippen molar-refractivity contribution < 1.29 is 4.79 Å². The zero-order valence-corrected chi connectivity index (χ0v) is 11.8. The van der Waals surface area contributed by atoms with E-state index in [1.54, 1.807) is 0 Å². The number of carbonyl (C=O) groups is 1. The summed E-state index contributed by atoms with van der Waals surface area (Å²) in [5.41, 5.74) is 6.14. The molecule has 3 nitrogen and oxygen atoms in total. The first kappa shape index (κ1) is 14.5. The molecular formula is C14H28N2O. The Kier molecular flexibility index (Phi) is 4.99.